The first-order valence-electron chi connectivity index (χ1n) is 6.00. The lowest BCUT2D eigenvalue weighted by atomic mass is 10.3. The molecule has 1 amide bonds. The summed E-state index contributed by atoms with van der Waals surface area (Å²) in [5.74, 6) is -0.276. The summed E-state index contributed by atoms with van der Waals surface area (Å²) < 4.78 is 1.80. The number of β-amino-alcohol motifs (C(OH)–C–C–N with tert-alkyl or cyclic N) is 2. The van der Waals surface area contributed by atoms with Crippen LogP contribution >= 0.6 is 22.9 Å². The first-order chi connectivity index (χ1) is 9.56. The standard InChI is InChI=1S/C12H12ClN3O3S/c13-11-7(16-3-4-20-12(16)14-11)1-2-10(19)15-5-8(17)9(18)6-15/h1-4,8-9,17-18H,5-6H2/t8-,9+. The van der Waals surface area contributed by atoms with Crippen molar-refractivity contribution in [2.24, 2.45) is 0 Å². The van der Waals surface area contributed by atoms with E-state index < -0.39 is 12.2 Å². The molecule has 0 spiro atoms. The van der Waals surface area contributed by atoms with Crippen LogP contribution in [0.1, 0.15) is 5.69 Å². The predicted octanol–water partition coefficient (Wildman–Crippen LogP) is 0.626. The molecule has 2 aromatic rings. The minimum Gasteiger partial charge on any atom is -0.388 e. The third-order valence-electron chi connectivity index (χ3n) is 3.21. The van der Waals surface area contributed by atoms with Gasteiger partial charge in [-0.3, -0.25) is 9.20 Å². The molecule has 106 valence electrons. The Bertz CT molecular complexity index is 671. The van der Waals surface area contributed by atoms with Gasteiger partial charge in [-0.25, -0.2) is 4.98 Å². The summed E-state index contributed by atoms with van der Waals surface area (Å²) in [4.78, 5) is 18.3. The van der Waals surface area contributed by atoms with E-state index in [1.165, 1.54) is 22.3 Å². The maximum absolute atomic E-state index is 12.0. The summed E-state index contributed by atoms with van der Waals surface area (Å²) in [7, 11) is 0. The Labute approximate surface area is 123 Å². The molecule has 0 bridgehead atoms. The minimum atomic E-state index is -0.880. The van der Waals surface area contributed by atoms with Gasteiger partial charge >= 0.3 is 0 Å². The maximum atomic E-state index is 12.0. The summed E-state index contributed by atoms with van der Waals surface area (Å²) in [6, 6.07) is 0. The lowest BCUT2D eigenvalue weighted by Gasteiger charge is -2.11. The number of likely N-dealkylation sites (tertiary alicyclic amines) is 1. The number of hydrogen-bond acceptors (Lipinski definition) is 5. The molecule has 3 rings (SSSR count). The molecular weight excluding hydrogens is 302 g/mol. The summed E-state index contributed by atoms with van der Waals surface area (Å²) in [5, 5.41) is 21.1. The number of imidazole rings is 1. The lowest BCUT2D eigenvalue weighted by Crippen LogP contribution is -2.27. The number of aliphatic hydroxyl groups is 2. The van der Waals surface area contributed by atoms with Crippen molar-refractivity contribution in [2.45, 2.75) is 12.2 Å². The summed E-state index contributed by atoms with van der Waals surface area (Å²) in [6.45, 7) is 0.274. The van der Waals surface area contributed by atoms with E-state index in [0.717, 1.165) is 4.96 Å². The quantitative estimate of drug-likeness (QED) is 0.797. The van der Waals surface area contributed by atoms with Crippen molar-refractivity contribution in [3.8, 4) is 0 Å². The molecule has 1 aliphatic heterocycles. The van der Waals surface area contributed by atoms with Crippen LogP contribution in [-0.2, 0) is 4.79 Å². The van der Waals surface area contributed by atoms with Crippen molar-refractivity contribution >= 4 is 39.9 Å². The minimum absolute atomic E-state index is 0.137. The fourth-order valence-corrected chi connectivity index (χ4v) is 3.14. The number of thiazole rings is 1. The van der Waals surface area contributed by atoms with Gasteiger partial charge < -0.3 is 15.1 Å². The third-order valence-corrected chi connectivity index (χ3v) is 4.24. The Hall–Kier alpha value is -1.41. The molecule has 2 N–H and O–H groups in total. The second-order valence-corrected chi connectivity index (χ2v) is 5.79. The Kier molecular flexibility index (Phi) is 3.51. The van der Waals surface area contributed by atoms with Gasteiger partial charge in [0.05, 0.1) is 17.9 Å². The monoisotopic (exact) mass is 313 g/mol. The van der Waals surface area contributed by atoms with E-state index in [-0.39, 0.29) is 19.0 Å². The zero-order chi connectivity index (χ0) is 14.3. The number of rotatable bonds is 2. The van der Waals surface area contributed by atoms with Gasteiger partial charge in [-0.15, -0.1) is 11.3 Å². The number of halogens is 1. The number of fused-ring (bicyclic) bond motifs is 1. The van der Waals surface area contributed by atoms with E-state index in [4.69, 9.17) is 11.6 Å². The number of aliphatic hydroxyl groups excluding tert-OH is 2. The molecule has 0 aromatic carbocycles. The van der Waals surface area contributed by atoms with Crippen molar-refractivity contribution in [1.82, 2.24) is 14.3 Å². The van der Waals surface area contributed by atoms with Crippen LogP contribution in [0.3, 0.4) is 0 Å². The molecule has 0 radical (unpaired) electrons. The SMILES string of the molecule is O=C(C=Cc1c(Cl)nc2sccn12)N1C[C@@H](O)[C@@H](O)C1. The molecule has 20 heavy (non-hydrogen) atoms. The highest BCUT2D eigenvalue weighted by atomic mass is 35.5. The van der Waals surface area contributed by atoms with E-state index in [1.807, 2.05) is 11.6 Å². The first kappa shape index (κ1) is 13.6. The van der Waals surface area contributed by atoms with Crippen LogP contribution in [0.15, 0.2) is 17.7 Å². The average molecular weight is 314 g/mol. The second kappa shape index (κ2) is 5.17. The molecule has 0 aliphatic carbocycles. The molecule has 1 saturated heterocycles. The molecule has 3 heterocycles. The van der Waals surface area contributed by atoms with Gasteiger partial charge in [0.1, 0.15) is 0 Å². The molecule has 0 saturated carbocycles. The fourth-order valence-electron chi connectivity index (χ4n) is 2.13. The molecule has 1 fully saturated rings. The summed E-state index contributed by atoms with van der Waals surface area (Å²) >= 11 is 7.47. The molecular formula is C12H12ClN3O3S. The number of carbonyl (C=O) groups excluding carboxylic acids is 1. The average Bonchev–Trinajstić information content (AvgIpc) is 3.04. The topological polar surface area (TPSA) is 78.1 Å². The zero-order valence-corrected chi connectivity index (χ0v) is 11.9. The van der Waals surface area contributed by atoms with Gasteiger partial charge in [-0.1, -0.05) is 11.6 Å². The van der Waals surface area contributed by atoms with Crippen LogP contribution in [-0.4, -0.2) is 55.7 Å². The van der Waals surface area contributed by atoms with Crippen LogP contribution in [0.4, 0.5) is 0 Å². The number of amides is 1. The van der Waals surface area contributed by atoms with Crippen LogP contribution in [0.5, 0.6) is 0 Å². The predicted molar refractivity (Wildman–Crippen MR) is 75.7 cm³/mol. The van der Waals surface area contributed by atoms with E-state index in [9.17, 15) is 15.0 Å². The number of carbonyl (C=O) groups is 1. The third kappa shape index (κ3) is 2.33. The molecule has 8 heteroatoms. The van der Waals surface area contributed by atoms with Gasteiger partial charge in [0.25, 0.3) is 0 Å². The first-order valence-corrected chi connectivity index (χ1v) is 7.26. The van der Waals surface area contributed by atoms with E-state index in [1.54, 1.807) is 10.5 Å². The molecule has 1 aliphatic rings. The van der Waals surface area contributed by atoms with Gasteiger partial charge in [0.15, 0.2) is 10.1 Å². The van der Waals surface area contributed by atoms with Crippen molar-refractivity contribution in [1.29, 1.82) is 0 Å². The largest absolute Gasteiger partial charge is 0.388 e. The Morgan fingerprint density at radius 2 is 2.15 bits per heavy atom. The van der Waals surface area contributed by atoms with E-state index >= 15 is 0 Å². The maximum Gasteiger partial charge on any atom is 0.246 e. The zero-order valence-electron chi connectivity index (χ0n) is 10.3. The van der Waals surface area contributed by atoms with Gasteiger partial charge in [-0.2, -0.15) is 0 Å². The lowest BCUT2D eigenvalue weighted by molar-refractivity contribution is -0.125. The number of nitrogens with zero attached hydrogens (tertiary/aromatic N) is 3. The highest BCUT2D eigenvalue weighted by Crippen LogP contribution is 2.22. The van der Waals surface area contributed by atoms with Crippen molar-refractivity contribution in [3.63, 3.8) is 0 Å². The normalized spacial score (nSPS) is 23.2. The van der Waals surface area contributed by atoms with Gasteiger partial charge in [0, 0.05) is 30.7 Å². The summed E-state index contributed by atoms with van der Waals surface area (Å²) in [6.07, 6.45) is 3.03. The van der Waals surface area contributed by atoms with E-state index in [0.29, 0.717) is 10.8 Å². The van der Waals surface area contributed by atoms with Crippen LogP contribution < -0.4 is 0 Å². The highest BCUT2D eigenvalue weighted by Gasteiger charge is 2.31. The highest BCUT2D eigenvalue weighted by molar-refractivity contribution is 7.15. The van der Waals surface area contributed by atoms with E-state index in [2.05, 4.69) is 4.98 Å². The molecule has 0 unspecified atom stereocenters. The van der Waals surface area contributed by atoms with Gasteiger partial charge in [0.2, 0.25) is 5.91 Å². The second-order valence-electron chi connectivity index (χ2n) is 4.55. The van der Waals surface area contributed by atoms with Gasteiger partial charge in [-0.05, 0) is 6.08 Å². The smallest absolute Gasteiger partial charge is 0.246 e. The van der Waals surface area contributed by atoms with Crippen LogP contribution in [0, 0.1) is 0 Å². The van der Waals surface area contributed by atoms with Crippen molar-refractivity contribution < 1.29 is 15.0 Å². The molecule has 2 atom stereocenters. The number of hydrogen-bond donors (Lipinski definition) is 2. The summed E-state index contributed by atoms with van der Waals surface area (Å²) in [5.41, 5.74) is 0.636. The molecule has 2 aromatic heterocycles. The van der Waals surface area contributed by atoms with Crippen LogP contribution in [0.2, 0.25) is 5.15 Å². The van der Waals surface area contributed by atoms with Crippen molar-refractivity contribution in [2.75, 3.05) is 13.1 Å². The molecule has 6 nitrogen and oxygen atoms in total. The Morgan fingerprint density at radius 3 is 2.85 bits per heavy atom. The number of aromatic nitrogens is 2. The fraction of sp³-hybridized carbons (Fsp3) is 0.333. The Morgan fingerprint density at radius 1 is 1.45 bits per heavy atom. The van der Waals surface area contributed by atoms with Crippen LogP contribution in [0.25, 0.3) is 11.0 Å². The Balaban J connectivity index is 1.79. The van der Waals surface area contributed by atoms with Crippen molar-refractivity contribution in [3.05, 3.63) is 28.5 Å².